The summed E-state index contributed by atoms with van der Waals surface area (Å²) < 4.78 is 3.37. The molecule has 0 amide bonds. The fourth-order valence-electron chi connectivity index (χ4n) is 1.92. The first-order valence-corrected chi connectivity index (χ1v) is 6.75. The fourth-order valence-corrected chi connectivity index (χ4v) is 2.28. The van der Waals surface area contributed by atoms with E-state index in [0.717, 1.165) is 11.5 Å². The molecule has 1 aromatic heterocycles. The van der Waals surface area contributed by atoms with E-state index in [1.807, 2.05) is 0 Å². The fraction of sp³-hybridized carbons (Fsp3) is 0.357. The Bertz CT molecular complexity index is 518. The molecule has 0 N–H and O–H groups in total. The zero-order valence-corrected chi connectivity index (χ0v) is 12.8. The zero-order chi connectivity index (χ0) is 12.6. The second-order valence-electron chi connectivity index (χ2n) is 5.32. The van der Waals surface area contributed by atoms with Crippen molar-refractivity contribution < 1.29 is 0 Å². The molecule has 0 unspecified atom stereocenters. The summed E-state index contributed by atoms with van der Waals surface area (Å²) in [7, 11) is 2.06. The normalized spacial score (nSPS) is 11.8. The van der Waals surface area contributed by atoms with Gasteiger partial charge in [0.1, 0.15) is 5.82 Å². The number of benzene rings is 1. The molecule has 1 aromatic carbocycles. The van der Waals surface area contributed by atoms with Crippen LogP contribution in [0.15, 0.2) is 30.5 Å². The maximum Gasteiger partial charge on any atom is 0.114 e. The van der Waals surface area contributed by atoms with Crippen LogP contribution in [0.4, 0.5) is 0 Å². The highest BCUT2D eigenvalue weighted by atomic mass is 127. The van der Waals surface area contributed by atoms with Crippen LogP contribution in [0.1, 0.15) is 26.6 Å². The predicted octanol–water partition coefficient (Wildman–Crippen LogP) is 3.99. The molecule has 0 atom stereocenters. The maximum atomic E-state index is 4.74. The Hall–Kier alpha value is -0.840. The van der Waals surface area contributed by atoms with Crippen LogP contribution in [0.25, 0.3) is 11.3 Å². The van der Waals surface area contributed by atoms with E-state index in [0.29, 0.717) is 0 Å². The predicted molar refractivity (Wildman–Crippen MR) is 80.1 cm³/mol. The van der Waals surface area contributed by atoms with Gasteiger partial charge in [-0.25, -0.2) is 4.98 Å². The Morgan fingerprint density at radius 2 is 1.71 bits per heavy atom. The van der Waals surface area contributed by atoms with Gasteiger partial charge in [-0.05, 0) is 34.7 Å². The lowest BCUT2D eigenvalue weighted by Gasteiger charge is -2.17. The number of rotatable bonds is 1. The van der Waals surface area contributed by atoms with Crippen LogP contribution in [-0.2, 0) is 12.5 Å². The number of aryl methyl sites for hydroxylation is 1. The van der Waals surface area contributed by atoms with Crippen LogP contribution in [0, 0.1) is 3.57 Å². The SMILES string of the molecule is Cn1cc(-c2ccc(I)cc2)nc1C(C)(C)C. The van der Waals surface area contributed by atoms with Gasteiger partial charge in [0.25, 0.3) is 0 Å². The zero-order valence-electron chi connectivity index (χ0n) is 10.7. The Kier molecular flexibility index (Phi) is 3.30. The average molecular weight is 340 g/mol. The van der Waals surface area contributed by atoms with Gasteiger partial charge in [-0.3, -0.25) is 0 Å². The molecule has 0 spiro atoms. The van der Waals surface area contributed by atoms with Crippen LogP contribution < -0.4 is 0 Å². The third-order valence-electron chi connectivity index (χ3n) is 2.69. The summed E-state index contributed by atoms with van der Waals surface area (Å²) in [4.78, 5) is 4.74. The first kappa shape index (κ1) is 12.6. The second kappa shape index (κ2) is 4.44. The van der Waals surface area contributed by atoms with E-state index in [1.165, 1.54) is 9.13 Å². The van der Waals surface area contributed by atoms with Gasteiger partial charge in [0.2, 0.25) is 0 Å². The van der Waals surface area contributed by atoms with Crippen LogP contribution >= 0.6 is 22.6 Å². The van der Waals surface area contributed by atoms with Crippen molar-refractivity contribution in [2.45, 2.75) is 26.2 Å². The molecular weight excluding hydrogens is 323 g/mol. The van der Waals surface area contributed by atoms with Crippen LogP contribution in [-0.4, -0.2) is 9.55 Å². The summed E-state index contributed by atoms with van der Waals surface area (Å²) in [5.74, 6) is 1.12. The van der Waals surface area contributed by atoms with Gasteiger partial charge < -0.3 is 4.57 Å². The van der Waals surface area contributed by atoms with Crippen molar-refractivity contribution >= 4 is 22.6 Å². The van der Waals surface area contributed by atoms with Crippen LogP contribution in [0.5, 0.6) is 0 Å². The standard InChI is InChI=1S/C14H17IN2/c1-14(2,3)13-16-12(9-17(13)4)10-5-7-11(15)8-6-10/h5-9H,1-4H3. The third-order valence-corrected chi connectivity index (χ3v) is 3.41. The first-order chi connectivity index (χ1) is 7.88. The summed E-state index contributed by atoms with van der Waals surface area (Å²) in [5.41, 5.74) is 2.31. The quantitative estimate of drug-likeness (QED) is 0.718. The van der Waals surface area contributed by atoms with Crippen molar-refractivity contribution in [3.63, 3.8) is 0 Å². The number of hydrogen-bond acceptors (Lipinski definition) is 1. The van der Waals surface area contributed by atoms with Crippen molar-refractivity contribution in [2.24, 2.45) is 7.05 Å². The van der Waals surface area contributed by atoms with E-state index in [2.05, 4.69) is 85.4 Å². The van der Waals surface area contributed by atoms with Gasteiger partial charge in [-0.1, -0.05) is 32.9 Å². The summed E-state index contributed by atoms with van der Waals surface area (Å²) in [6, 6.07) is 8.47. The number of imidazole rings is 1. The second-order valence-corrected chi connectivity index (χ2v) is 6.56. The molecule has 0 aliphatic heterocycles. The number of nitrogens with zero attached hydrogens (tertiary/aromatic N) is 2. The Balaban J connectivity index is 2.45. The molecule has 2 nitrogen and oxygen atoms in total. The highest BCUT2D eigenvalue weighted by Crippen LogP contribution is 2.25. The van der Waals surface area contributed by atoms with E-state index in [-0.39, 0.29) is 5.41 Å². The number of halogens is 1. The molecule has 0 radical (unpaired) electrons. The Morgan fingerprint density at radius 3 is 2.18 bits per heavy atom. The molecule has 0 aliphatic carbocycles. The van der Waals surface area contributed by atoms with Gasteiger partial charge in [-0.15, -0.1) is 0 Å². The average Bonchev–Trinajstić information content (AvgIpc) is 2.61. The lowest BCUT2D eigenvalue weighted by Crippen LogP contribution is -2.17. The molecule has 90 valence electrons. The minimum Gasteiger partial charge on any atom is -0.337 e. The first-order valence-electron chi connectivity index (χ1n) is 5.68. The Labute approximate surface area is 116 Å². The van der Waals surface area contributed by atoms with E-state index < -0.39 is 0 Å². The largest absolute Gasteiger partial charge is 0.337 e. The minimum absolute atomic E-state index is 0.0796. The Morgan fingerprint density at radius 1 is 1.12 bits per heavy atom. The van der Waals surface area contributed by atoms with Gasteiger partial charge in [0.05, 0.1) is 5.69 Å². The summed E-state index contributed by atoms with van der Waals surface area (Å²) in [6.45, 7) is 6.56. The van der Waals surface area contributed by atoms with Crippen LogP contribution in [0.2, 0.25) is 0 Å². The molecule has 1 heterocycles. The van der Waals surface area contributed by atoms with E-state index in [4.69, 9.17) is 4.98 Å². The smallest absolute Gasteiger partial charge is 0.114 e. The van der Waals surface area contributed by atoms with E-state index in [1.54, 1.807) is 0 Å². The van der Waals surface area contributed by atoms with E-state index >= 15 is 0 Å². The van der Waals surface area contributed by atoms with Crippen molar-refractivity contribution in [3.8, 4) is 11.3 Å². The van der Waals surface area contributed by atoms with Gasteiger partial charge >= 0.3 is 0 Å². The molecule has 0 bridgehead atoms. The topological polar surface area (TPSA) is 17.8 Å². The third kappa shape index (κ3) is 2.70. The summed E-state index contributed by atoms with van der Waals surface area (Å²) in [5, 5.41) is 0. The van der Waals surface area contributed by atoms with E-state index in [9.17, 15) is 0 Å². The van der Waals surface area contributed by atoms with Gasteiger partial charge in [0, 0.05) is 27.8 Å². The highest BCUT2D eigenvalue weighted by Gasteiger charge is 2.20. The number of aromatic nitrogens is 2. The molecular formula is C14H17IN2. The molecule has 0 aliphatic rings. The minimum atomic E-state index is 0.0796. The van der Waals surface area contributed by atoms with Crippen molar-refractivity contribution in [1.82, 2.24) is 9.55 Å². The lowest BCUT2D eigenvalue weighted by atomic mass is 9.96. The molecule has 0 saturated heterocycles. The molecule has 17 heavy (non-hydrogen) atoms. The van der Waals surface area contributed by atoms with Gasteiger partial charge in [0.15, 0.2) is 0 Å². The number of hydrogen-bond donors (Lipinski definition) is 0. The van der Waals surface area contributed by atoms with Crippen molar-refractivity contribution in [2.75, 3.05) is 0 Å². The highest BCUT2D eigenvalue weighted by molar-refractivity contribution is 14.1. The summed E-state index contributed by atoms with van der Waals surface area (Å²) >= 11 is 2.31. The molecule has 0 saturated carbocycles. The molecule has 0 fully saturated rings. The molecule has 2 rings (SSSR count). The van der Waals surface area contributed by atoms with Crippen molar-refractivity contribution in [1.29, 1.82) is 0 Å². The monoisotopic (exact) mass is 340 g/mol. The summed E-state index contributed by atoms with van der Waals surface area (Å²) in [6.07, 6.45) is 2.10. The molecule has 2 aromatic rings. The van der Waals surface area contributed by atoms with Gasteiger partial charge in [-0.2, -0.15) is 0 Å². The molecule has 3 heteroatoms. The van der Waals surface area contributed by atoms with Crippen LogP contribution in [0.3, 0.4) is 0 Å². The van der Waals surface area contributed by atoms with Crippen molar-refractivity contribution in [3.05, 3.63) is 39.9 Å². The lowest BCUT2D eigenvalue weighted by molar-refractivity contribution is 0.523. The maximum absolute atomic E-state index is 4.74.